The van der Waals surface area contributed by atoms with Crippen molar-refractivity contribution in [2.75, 3.05) is 20.8 Å². The number of hydrogen-bond acceptors (Lipinski definition) is 3. The van der Waals surface area contributed by atoms with Crippen molar-refractivity contribution in [3.63, 3.8) is 0 Å². The molecule has 0 fully saturated rings. The number of nitrogens with two attached hydrogens (primary N) is 1. The Morgan fingerprint density at radius 2 is 1.75 bits per heavy atom. The molecule has 0 aromatic heterocycles. The first-order valence-electron chi connectivity index (χ1n) is 5.56. The minimum atomic E-state index is 0.715. The van der Waals surface area contributed by atoms with Crippen molar-refractivity contribution in [1.82, 2.24) is 0 Å². The van der Waals surface area contributed by atoms with Crippen LogP contribution in [0.4, 0.5) is 0 Å². The lowest BCUT2D eigenvalue weighted by molar-refractivity contribution is 0.350. The quantitative estimate of drug-likeness (QED) is 0.832. The van der Waals surface area contributed by atoms with Gasteiger partial charge in [-0.15, -0.1) is 0 Å². The summed E-state index contributed by atoms with van der Waals surface area (Å²) in [5.74, 6) is 1.67. The monoisotopic (exact) mass is 223 g/mol. The average Bonchev–Trinajstić information content (AvgIpc) is 2.29. The zero-order valence-electron chi connectivity index (χ0n) is 10.6. The van der Waals surface area contributed by atoms with Crippen molar-refractivity contribution < 1.29 is 9.47 Å². The van der Waals surface area contributed by atoms with Gasteiger partial charge in [0.25, 0.3) is 0 Å². The third kappa shape index (κ3) is 2.47. The fourth-order valence-corrected chi connectivity index (χ4v) is 1.98. The Morgan fingerprint density at radius 1 is 1.12 bits per heavy atom. The minimum Gasteiger partial charge on any atom is -0.493 e. The first-order valence-corrected chi connectivity index (χ1v) is 5.56. The lowest BCUT2D eigenvalue weighted by Gasteiger charge is -2.16. The summed E-state index contributed by atoms with van der Waals surface area (Å²) in [4.78, 5) is 0. The zero-order chi connectivity index (χ0) is 12.1. The molecule has 2 N–H and O–H groups in total. The van der Waals surface area contributed by atoms with Crippen LogP contribution in [0.25, 0.3) is 0 Å². The maximum Gasteiger partial charge on any atom is 0.164 e. The van der Waals surface area contributed by atoms with Crippen LogP contribution in [0.15, 0.2) is 6.07 Å². The lowest BCUT2D eigenvalue weighted by Crippen LogP contribution is -2.04. The van der Waals surface area contributed by atoms with Crippen molar-refractivity contribution >= 4 is 0 Å². The normalized spacial score (nSPS) is 10.3. The SMILES string of the molecule is COc1c(C)cc(CCCN)c(C)c1OC. The van der Waals surface area contributed by atoms with Gasteiger partial charge in [-0.2, -0.15) is 0 Å². The van der Waals surface area contributed by atoms with Crippen molar-refractivity contribution in [2.24, 2.45) is 5.73 Å². The van der Waals surface area contributed by atoms with E-state index in [1.165, 1.54) is 5.56 Å². The van der Waals surface area contributed by atoms with Crippen molar-refractivity contribution in [2.45, 2.75) is 26.7 Å². The topological polar surface area (TPSA) is 44.5 Å². The van der Waals surface area contributed by atoms with E-state index in [0.717, 1.165) is 35.5 Å². The van der Waals surface area contributed by atoms with Gasteiger partial charge in [-0.3, -0.25) is 0 Å². The lowest BCUT2D eigenvalue weighted by atomic mass is 9.99. The van der Waals surface area contributed by atoms with E-state index >= 15 is 0 Å². The second-order valence-corrected chi connectivity index (χ2v) is 3.94. The predicted molar refractivity (Wildman–Crippen MR) is 66.4 cm³/mol. The highest BCUT2D eigenvalue weighted by Gasteiger charge is 2.14. The van der Waals surface area contributed by atoms with Crippen LogP contribution in [0, 0.1) is 13.8 Å². The Bertz CT molecular complexity index is 361. The minimum absolute atomic E-state index is 0.715. The molecule has 0 unspecified atom stereocenters. The number of benzene rings is 1. The van der Waals surface area contributed by atoms with Crippen molar-refractivity contribution in [3.05, 3.63) is 22.8 Å². The van der Waals surface area contributed by atoms with Crippen LogP contribution in [0.1, 0.15) is 23.1 Å². The van der Waals surface area contributed by atoms with Crippen molar-refractivity contribution in [3.8, 4) is 11.5 Å². The van der Waals surface area contributed by atoms with Crippen LogP contribution in [-0.2, 0) is 6.42 Å². The van der Waals surface area contributed by atoms with E-state index in [2.05, 4.69) is 13.0 Å². The van der Waals surface area contributed by atoms with E-state index < -0.39 is 0 Å². The molecule has 1 aromatic carbocycles. The first-order chi connectivity index (χ1) is 7.65. The molecule has 0 aliphatic rings. The first kappa shape index (κ1) is 12.8. The van der Waals surface area contributed by atoms with Crippen LogP contribution in [0.5, 0.6) is 11.5 Å². The van der Waals surface area contributed by atoms with Gasteiger partial charge in [0.2, 0.25) is 0 Å². The van der Waals surface area contributed by atoms with Gasteiger partial charge in [-0.1, -0.05) is 6.07 Å². The Balaban J connectivity index is 3.17. The van der Waals surface area contributed by atoms with Crippen LogP contribution >= 0.6 is 0 Å². The summed E-state index contributed by atoms with van der Waals surface area (Å²) in [6.07, 6.45) is 1.99. The molecule has 0 saturated carbocycles. The molecule has 1 rings (SSSR count). The molecule has 16 heavy (non-hydrogen) atoms. The predicted octanol–water partition coefficient (Wildman–Crippen LogP) is 2.21. The smallest absolute Gasteiger partial charge is 0.164 e. The fraction of sp³-hybridized carbons (Fsp3) is 0.538. The molecule has 1 aromatic rings. The highest BCUT2D eigenvalue weighted by Crippen LogP contribution is 2.36. The van der Waals surface area contributed by atoms with Crippen LogP contribution < -0.4 is 15.2 Å². The fourth-order valence-electron chi connectivity index (χ4n) is 1.98. The second-order valence-electron chi connectivity index (χ2n) is 3.94. The van der Waals surface area contributed by atoms with Crippen molar-refractivity contribution in [1.29, 1.82) is 0 Å². The summed E-state index contributed by atoms with van der Waals surface area (Å²) >= 11 is 0. The van der Waals surface area contributed by atoms with Gasteiger partial charge in [0.15, 0.2) is 11.5 Å². The number of ether oxygens (including phenoxy) is 2. The summed E-state index contributed by atoms with van der Waals surface area (Å²) < 4.78 is 10.8. The molecule has 3 heteroatoms. The third-order valence-corrected chi connectivity index (χ3v) is 2.84. The molecule has 0 radical (unpaired) electrons. The van der Waals surface area contributed by atoms with E-state index in [0.29, 0.717) is 6.54 Å². The standard InChI is InChI=1S/C13H21NO2/c1-9-8-11(6-5-7-14)10(2)13(16-4)12(9)15-3/h8H,5-7,14H2,1-4H3. The number of rotatable bonds is 5. The Labute approximate surface area is 97.6 Å². The summed E-state index contributed by atoms with van der Waals surface area (Å²) in [6.45, 7) is 4.81. The molecule has 0 spiro atoms. The Morgan fingerprint density at radius 3 is 2.25 bits per heavy atom. The highest BCUT2D eigenvalue weighted by molar-refractivity contribution is 5.54. The maximum absolute atomic E-state index is 5.54. The molecule has 0 amide bonds. The molecule has 0 heterocycles. The highest BCUT2D eigenvalue weighted by atomic mass is 16.5. The largest absolute Gasteiger partial charge is 0.493 e. The maximum atomic E-state index is 5.54. The van der Waals surface area contributed by atoms with E-state index in [1.54, 1.807) is 14.2 Å². The summed E-state index contributed by atoms with van der Waals surface area (Å²) in [5.41, 5.74) is 9.09. The molecular weight excluding hydrogens is 202 g/mol. The molecule has 0 atom stereocenters. The van der Waals surface area contributed by atoms with Gasteiger partial charge in [0, 0.05) is 0 Å². The zero-order valence-corrected chi connectivity index (χ0v) is 10.6. The van der Waals surface area contributed by atoms with Crippen LogP contribution in [-0.4, -0.2) is 20.8 Å². The van der Waals surface area contributed by atoms with Gasteiger partial charge in [-0.25, -0.2) is 0 Å². The third-order valence-electron chi connectivity index (χ3n) is 2.84. The molecule has 0 saturated heterocycles. The van der Waals surface area contributed by atoms with Crippen LogP contribution in [0.2, 0.25) is 0 Å². The Kier molecular flexibility index (Phi) is 4.62. The molecule has 0 aliphatic carbocycles. The summed E-state index contributed by atoms with van der Waals surface area (Å²) in [5, 5.41) is 0. The average molecular weight is 223 g/mol. The second kappa shape index (κ2) is 5.75. The van der Waals surface area contributed by atoms with E-state index in [9.17, 15) is 0 Å². The van der Waals surface area contributed by atoms with E-state index in [-0.39, 0.29) is 0 Å². The van der Waals surface area contributed by atoms with Gasteiger partial charge in [0.1, 0.15) is 0 Å². The van der Waals surface area contributed by atoms with Gasteiger partial charge < -0.3 is 15.2 Å². The summed E-state index contributed by atoms with van der Waals surface area (Å²) in [7, 11) is 3.35. The number of methoxy groups -OCH3 is 2. The Hall–Kier alpha value is -1.22. The summed E-state index contributed by atoms with van der Waals surface area (Å²) in [6, 6.07) is 2.16. The van der Waals surface area contributed by atoms with Crippen LogP contribution in [0.3, 0.4) is 0 Å². The molecular formula is C13H21NO2. The number of aryl methyl sites for hydroxylation is 2. The number of hydrogen-bond donors (Lipinski definition) is 1. The van der Waals surface area contributed by atoms with Gasteiger partial charge in [-0.05, 0) is 49.9 Å². The van der Waals surface area contributed by atoms with E-state index in [1.807, 2.05) is 6.92 Å². The molecule has 0 bridgehead atoms. The van der Waals surface area contributed by atoms with Gasteiger partial charge >= 0.3 is 0 Å². The molecule has 90 valence electrons. The molecule has 3 nitrogen and oxygen atoms in total. The molecule has 0 aliphatic heterocycles. The van der Waals surface area contributed by atoms with E-state index in [4.69, 9.17) is 15.2 Å². The van der Waals surface area contributed by atoms with Gasteiger partial charge in [0.05, 0.1) is 14.2 Å².